The average molecular weight is 327 g/mol. The van der Waals surface area contributed by atoms with Gasteiger partial charge in [0.25, 0.3) is 0 Å². The molecule has 1 aliphatic heterocycles. The lowest BCUT2D eigenvalue weighted by atomic mass is 9.92. The van der Waals surface area contributed by atoms with Gasteiger partial charge in [0.15, 0.2) is 0 Å². The second-order valence-corrected chi connectivity index (χ2v) is 6.53. The van der Waals surface area contributed by atoms with Gasteiger partial charge in [0.05, 0.1) is 5.02 Å². The molecule has 1 saturated heterocycles. The summed E-state index contributed by atoms with van der Waals surface area (Å²) in [7, 11) is 0. The highest BCUT2D eigenvalue weighted by atomic mass is 35.5. The van der Waals surface area contributed by atoms with Crippen molar-refractivity contribution in [1.29, 1.82) is 0 Å². The molecule has 0 spiro atoms. The van der Waals surface area contributed by atoms with Crippen LogP contribution in [0, 0.1) is 11.7 Å². The van der Waals surface area contributed by atoms with Crippen molar-refractivity contribution < 1.29 is 9.18 Å². The van der Waals surface area contributed by atoms with Gasteiger partial charge >= 0.3 is 0 Å². The third-order valence-corrected chi connectivity index (χ3v) is 4.76. The van der Waals surface area contributed by atoms with Gasteiger partial charge < -0.3 is 10.2 Å². The Kier molecular flexibility index (Phi) is 5.81. The zero-order valence-corrected chi connectivity index (χ0v) is 14.2. The highest BCUT2D eigenvalue weighted by Gasteiger charge is 2.28. The van der Waals surface area contributed by atoms with E-state index in [0.717, 1.165) is 25.1 Å². The van der Waals surface area contributed by atoms with Crippen LogP contribution >= 0.6 is 11.6 Å². The van der Waals surface area contributed by atoms with Crippen LogP contribution in [0.5, 0.6) is 0 Å². The minimum atomic E-state index is -0.391. The number of nitrogens with zero attached hydrogens (tertiary/aromatic N) is 1. The quantitative estimate of drug-likeness (QED) is 0.913. The van der Waals surface area contributed by atoms with Crippen LogP contribution in [-0.4, -0.2) is 29.9 Å². The van der Waals surface area contributed by atoms with Crippen molar-refractivity contribution in [1.82, 2.24) is 10.2 Å². The summed E-state index contributed by atoms with van der Waals surface area (Å²) in [6.45, 7) is 7.71. The number of carbonyl (C=O) groups excluding carboxylic acids is 1. The molecule has 0 radical (unpaired) electrons. The minimum Gasteiger partial charge on any atom is -0.342 e. The van der Waals surface area contributed by atoms with E-state index in [-0.39, 0.29) is 17.0 Å². The third kappa shape index (κ3) is 3.99. The lowest BCUT2D eigenvalue weighted by Crippen LogP contribution is -2.50. The first-order valence-electron chi connectivity index (χ1n) is 7.91. The predicted molar refractivity (Wildman–Crippen MR) is 87.4 cm³/mol. The molecule has 0 aromatic heterocycles. The van der Waals surface area contributed by atoms with E-state index in [1.54, 1.807) is 12.1 Å². The SMILES string of the molecule is CCC(=O)N1CC[C@H](N[C@H](C)c2ccc(F)c(Cl)c2)[C@H](C)C1. The minimum absolute atomic E-state index is 0.0963. The standard InChI is InChI=1S/C17H24ClFN2O/c1-4-17(22)21-8-7-16(11(2)10-21)20-12(3)13-5-6-15(19)14(18)9-13/h5-6,9,11-12,16,20H,4,7-8,10H2,1-3H3/t11-,12-,16+/m1/s1. The third-order valence-electron chi connectivity index (χ3n) is 4.47. The highest BCUT2D eigenvalue weighted by Crippen LogP contribution is 2.24. The van der Waals surface area contributed by atoms with Crippen molar-refractivity contribution in [3.8, 4) is 0 Å². The molecule has 0 saturated carbocycles. The van der Waals surface area contributed by atoms with Crippen LogP contribution in [0.1, 0.15) is 45.2 Å². The monoisotopic (exact) mass is 326 g/mol. The van der Waals surface area contributed by atoms with Gasteiger partial charge in [-0.1, -0.05) is 31.5 Å². The van der Waals surface area contributed by atoms with Crippen molar-refractivity contribution >= 4 is 17.5 Å². The van der Waals surface area contributed by atoms with Crippen molar-refractivity contribution in [3.05, 3.63) is 34.6 Å². The van der Waals surface area contributed by atoms with Crippen LogP contribution in [0.25, 0.3) is 0 Å². The normalized spacial score (nSPS) is 23.4. The molecule has 0 bridgehead atoms. The molecule has 1 amide bonds. The van der Waals surface area contributed by atoms with Gasteiger partial charge in [-0.3, -0.25) is 4.79 Å². The van der Waals surface area contributed by atoms with Gasteiger partial charge in [0.2, 0.25) is 5.91 Å². The number of hydrogen-bond acceptors (Lipinski definition) is 2. The molecular formula is C17H24ClFN2O. The molecule has 1 fully saturated rings. The Morgan fingerprint density at radius 1 is 1.55 bits per heavy atom. The smallest absolute Gasteiger partial charge is 0.222 e. The largest absolute Gasteiger partial charge is 0.342 e. The van der Waals surface area contributed by atoms with Crippen LogP contribution in [0.15, 0.2) is 18.2 Å². The Labute approximate surface area is 136 Å². The zero-order chi connectivity index (χ0) is 16.3. The van der Waals surface area contributed by atoms with E-state index in [1.807, 2.05) is 11.8 Å². The molecular weight excluding hydrogens is 303 g/mol. The number of halogens is 2. The van der Waals surface area contributed by atoms with Gasteiger partial charge in [0.1, 0.15) is 5.82 Å². The number of rotatable bonds is 4. The number of carbonyl (C=O) groups is 1. The summed E-state index contributed by atoms with van der Waals surface area (Å²) >= 11 is 5.85. The summed E-state index contributed by atoms with van der Waals surface area (Å²) in [4.78, 5) is 13.7. The molecule has 122 valence electrons. The Bertz CT molecular complexity index is 537. The fourth-order valence-corrected chi connectivity index (χ4v) is 3.23. The molecule has 3 nitrogen and oxygen atoms in total. The topological polar surface area (TPSA) is 32.3 Å². The zero-order valence-electron chi connectivity index (χ0n) is 13.4. The fraction of sp³-hybridized carbons (Fsp3) is 0.588. The van der Waals surface area contributed by atoms with E-state index >= 15 is 0 Å². The second-order valence-electron chi connectivity index (χ2n) is 6.13. The van der Waals surface area contributed by atoms with Gasteiger partial charge in [-0.05, 0) is 37.0 Å². The summed E-state index contributed by atoms with van der Waals surface area (Å²) < 4.78 is 13.2. The van der Waals surface area contributed by atoms with Gasteiger partial charge in [-0.2, -0.15) is 0 Å². The Hall–Kier alpha value is -1.13. The maximum Gasteiger partial charge on any atom is 0.222 e. The van der Waals surface area contributed by atoms with Crippen molar-refractivity contribution in [3.63, 3.8) is 0 Å². The average Bonchev–Trinajstić information content (AvgIpc) is 2.51. The lowest BCUT2D eigenvalue weighted by molar-refractivity contribution is -0.132. The second kappa shape index (κ2) is 7.42. The van der Waals surface area contributed by atoms with Crippen LogP contribution in [0.4, 0.5) is 4.39 Å². The van der Waals surface area contributed by atoms with Crippen LogP contribution in [-0.2, 0) is 4.79 Å². The van der Waals surface area contributed by atoms with Crippen LogP contribution in [0.3, 0.4) is 0 Å². The lowest BCUT2D eigenvalue weighted by Gasteiger charge is -2.38. The summed E-state index contributed by atoms with van der Waals surface area (Å²) in [5.74, 6) is 0.226. The predicted octanol–water partition coefficient (Wildman–Crippen LogP) is 3.78. The Balaban J connectivity index is 1.96. The van der Waals surface area contributed by atoms with E-state index < -0.39 is 5.82 Å². The van der Waals surface area contributed by atoms with Crippen LogP contribution < -0.4 is 5.32 Å². The van der Waals surface area contributed by atoms with E-state index in [2.05, 4.69) is 19.2 Å². The van der Waals surface area contributed by atoms with Gasteiger partial charge in [-0.15, -0.1) is 0 Å². The first-order valence-corrected chi connectivity index (χ1v) is 8.29. The molecule has 3 atom stereocenters. The summed E-state index contributed by atoms with van der Waals surface area (Å²) in [5.41, 5.74) is 0.977. The van der Waals surface area contributed by atoms with Crippen LogP contribution in [0.2, 0.25) is 5.02 Å². The molecule has 1 aromatic carbocycles. The maximum atomic E-state index is 13.2. The van der Waals surface area contributed by atoms with Crippen molar-refractivity contribution in [2.45, 2.75) is 45.7 Å². The summed E-state index contributed by atoms with van der Waals surface area (Å²) in [5, 5.41) is 3.75. The van der Waals surface area contributed by atoms with Gasteiger partial charge in [-0.25, -0.2) is 4.39 Å². The summed E-state index contributed by atoms with van der Waals surface area (Å²) in [6.07, 6.45) is 1.50. The van der Waals surface area contributed by atoms with E-state index in [4.69, 9.17) is 11.6 Å². The molecule has 2 rings (SSSR count). The van der Waals surface area contributed by atoms with E-state index in [1.165, 1.54) is 6.07 Å². The summed E-state index contributed by atoms with van der Waals surface area (Å²) in [6, 6.07) is 5.29. The first-order chi connectivity index (χ1) is 10.4. The molecule has 5 heteroatoms. The molecule has 0 unspecified atom stereocenters. The number of benzene rings is 1. The number of amides is 1. The van der Waals surface area contributed by atoms with E-state index in [9.17, 15) is 9.18 Å². The number of piperidine rings is 1. The molecule has 0 aliphatic carbocycles. The van der Waals surface area contributed by atoms with Gasteiger partial charge in [0, 0.05) is 31.6 Å². The first kappa shape index (κ1) is 17.2. The molecule has 1 heterocycles. The van der Waals surface area contributed by atoms with Crippen molar-refractivity contribution in [2.24, 2.45) is 5.92 Å². The number of likely N-dealkylation sites (tertiary alicyclic amines) is 1. The van der Waals surface area contributed by atoms with E-state index in [0.29, 0.717) is 18.4 Å². The number of nitrogens with one attached hydrogen (secondary N) is 1. The Morgan fingerprint density at radius 3 is 2.86 bits per heavy atom. The number of hydrogen-bond donors (Lipinski definition) is 1. The molecule has 1 aromatic rings. The fourth-order valence-electron chi connectivity index (χ4n) is 3.04. The van der Waals surface area contributed by atoms with Crippen molar-refractivity contribution in [2.75, 3.05) is 13.1 Å². The Morgan fingerprint density at radius 2 is 2.27 bits per heavy atom. The highest BCUT2D eigenvalue weighted by molar-refractivity contribution is 6.30. The molecule has 1 aliphatic rings. The molecule has 1 N–H and O–H groups in total. The maximum absolute atomic E-state index is 13.2. The molecule has 22 heavy (non-hydrogen) atoms.